The van der Waals surface area contributed by atoms with E-state index >= 15 is 0 Å². The summed E-state index contributed by atoms with van der Waals surface area (Å²) in [6, 6.07) is 0. The van der Waals surface area contributed by atoms with E-state index in [9.17, 15) is 0 Å². The Morgan fingerprint density at radius 3 is 2.37 bits per heavy atom. The maximum Gasteiger partial charge on any atom is 0.200 e. The maximum atomic E-state index is 5.83. The third kappa shape index (κ3) is 2.07. The van der Waals surface area contributed by atoms with Crippen LogP contribution in [0.25, 0.3) is 0 Å². The monoisotopic (exact) mass is 259 g/mol. The molecule has 0 saturated heterocycles. The topological polar surface area (TPSA) is 43.8 Å². The molecule has 19 heavy (non-hydrogen) atoms. The predicted octanol–water partition coefficient (Wildman–Crippen LogP) is 3.32. The van der Waals surface area contributed by atoms with Gasteiger partial charge in [-0.05, 0) is 74.5 Å². The van der Waals surface area contributed by atoms with E-state index in [-0.39, 0.29) is 0 Å². The lowest BCUT2D eigenvalue weighted by atomic mass is 9.51. The molecule has 1 aromatic rings. The van der Waals surface area contributed by atoms with Gasteiger partial charge in [0, 0.05) is 18.9 Å². The third-order valence-electron chi connectivity index (χ3n) is 6.11. The molecule has 3 heteroatoms. The van der Waals surface area contributed by atoms with Crippen molar-refractivity contribution in [3.63, 3.8) is 0 Å². The zero-order valence-corrected chi connectivity index (χ0v) is 11.7. The van der Waals surface area contributed by atoms with Crippen LogP contribution in [0.2, 0.25) is 0 Å². The molecule has 4 aliphatic carbocycles. The Morgan fingerprint density at radius 1 is 1.11 bits per heavy atom. The van der Waals surface area contributed by atoms with Crippen molar-refractivity contribution in [2.45, 2.75) is 51.5 Å². The van der Waals surface area contributed by atoms with Crippen LogP contribution in [0.4, 0.5) is 5.95 Å². The van der Waals surface area contributed by atoms with Crippen molar-refractivity contribution in [1.82, 2.24) is 9.55 Å². The van der Waals surface area contributed by atoms with Gasteiger partial charge in [0.15, 0.2) is 5.95 Å². The molecule has 5 rings (SSSR count). The predicted molar refractivity (Wildman–Crippen MR) is 76.4 cm³/mol. The second kappa shape index (κ2) is 4.53. The van der Waals surface area contributed by atoms with Crippen molar-refractivity contribution in [3.8, 4) is 0 Å². The van der Waals surface area contributed by atoms with E-state index in [4.69, 9.17) is 5.73 Å². The Morgan fingerprint density at radius 2 is 1.79 bits per heavy atom. The van der Waals surface area contributed by atoms with E-state index in [0.29, 0.717) is 5.95 Å². The van der Waals surface area contributed by atoms with Crippen molar-refractivity contribution >= 4 is 5.95 Å². The van der Waals surface area contributed by atoms with Gasteiger partial charge in [-0.1, -0.05) is 0 Å². The van der Waals surface area contributed by atoms with Crippen LogP contribution in [0.5, 0.6) is 0 Å². The highest BCUT2D eigenvalue weighted by molar-refractivity contribution is 5.16. The number of nitrogen functional groups attached to an aromatic ring is 1. The summed E-state index contributed by atoms with van der Waals surface area (Å²) in [5, 5.41) is 0. The zero-order valence-electron chi connectivity index (χ0n) is 11.7. The fourth-order valence-corrected chi connectivity index (χ4v) is 5.54. The van der Waals surface area contributed by atoms with Crippen molar-refractivity contribution in [2.24, 2.45) is 29.6 Å². The zero-order chi connectivity index (χ0) is 12.8. The molecule has 0 aromatic carbocycles. The molecule has 0 aliphatic heterocycles. The maximum absolute atomic E-state index is 5.83. The van der Waals surface area contributed by atoms with Gasteiger partial charge in [0.25, 0.3) is 0 Å². The van der Waals surface area contributed by atoms with Crippen LogP contribution in [-0.2, 0) is 6.54 Å². The normalized spacial score (nSPS) is 39.9. The molecule has 4 aliphatic rings. The molecule has 1 aromatic heterocycles. The van der Waals surface area contributed by atoms with Crippen molar-refractivity contribution in [3.05, 3.63) is 12.4 Å². The molecule has 0 amide bonds. The molecule has 0 spiro atoms. The highest BCUT2D eigenvalue weighted by Gasteiger charge is 2.47. The number of anilines is 1. The number of hydrogen-bond acceptors (Lipinski definition) is 2. The second-order valence-electron chi connectivity index (χ2n) is 7.22. The molecule has 4 fully saturated rings. The Bertz CT molecular complexity index is 423. The molecule has 2 N–H and O–H groups in total. The largest absolute Gasteiger partial charge is 0.369 e. The second-order valence-corrected chi connectivity index (χ2v) is 7.22. The fraction of sp³-hybridized carbons (Fsp3) is 0.812. The number of aromatic nitrogens is 2. The number of hydrogen-bond donors (Lipinski definition) is 1. The molecule has 0 atom stereocenters. The van der Waals surface area contributed by atoms with Crippen LogP contribution in [0.1, 0.15) is 44.9 Å². The Balaban J connectivity index is 1.35. The van der Waals surface area contributed by atoms with E-state index < -0.39 is 0 Å². The van der Waals surface area contributed by atoms with E-state index in [1.54, 1.807) is 38.3 Å². The minimum atomic E-state index is 0.671. The SMILES string of the molecule is Nc1nccn1CCCC1C2CC3CC(C2)CC1C3. The summed E-state index contributed by atoms with van der Waals surface area (Å²) >= 11 is 0. The Hall–Kier alpha value is -0.990. The highest BCUT2D eigenvalue weighted by Crippen LogP contribution is 2.57. The summed E-state index contributed by atoms with van der Waals surface area (Å²) < 4.78 is 2.09. The van der Waals surface area contributed by atoms with Gasteiger partial charge in [-0.25, -0.2) is 4.98 Å². The molecular weight excluding hydrogens is 234 g/mol. The average Bonchev–Trinajstić information content (AvgIpc) is 2.78. The standard InChI is InChI=1S/C16H25N3/c17-16-18-3-5-19(16)4-1-2-15-13-7-11-6-12(9-13)10-14(15)8-11/h3,5,11-15H,1-2,4,6-10H2,(H2,17,18). The smallest absolute Gasteiger partial charge is 0.200 e. The van der Waals surface area contributed by atoms with Gasteiger partial charge in [0.05, 0.1) is 0 Å². The Kier molecular flexibility index (Phi) is 2.82. The van der Waals surface area contributed by atoms with Crippen LogP contribution < -0.4 is 5.73 Å². The van der Waals surface area contributed by atoms with Gasteiger partial charge in [-0.15, -0.1) is 0 Å². The first-order chi connectivity index (χ1) is 9.29. The number of rotatable bonds is 4. The van der Waals surface area contributed by atoms with Gasteiger partial charge in [-0.3, -0.25) is 0 Å². The number of imidazole rings is 1. The third-order valence-corrected chi connectivity index (χ3v) is 6.11. The minimum Gasteiger partial charge on any atom is -0.369 e. The molecule has 4 bridgehead atoms. The first-order valence-corrected chi connectivity index (χ1v) is 8.06. The van der Waals surface area contributed by atoms with E-state index in [1.165, 1.54) is 12.8 Å². The molecule has 1 heterocycles. The van der Waals surface area contributed by atoms with Crippen LogP contribution >= 0.6 is 0 Å². The summed E-state index contributed by atoms with van der Waals surface area (Å²) in [6.45, 7) is 1.05. The molecule has 0 unspecified atom stereocenters. The summed E-state index contributed by atoms with van der Waals surface area (Å²) in [5.74, 6) is 6.03. The van der Waals surface area contributed by atoms with E-state index in [0.717, 1.165) is 36.1 Å². The van der Waals surface area contributed by atoms with Crippen LogP contribution in [0.15, 0.2) is 12.4 Å². The van der Waals surface area contributed by atoms with Gasteiger partial charge < -0.3 is 10.3 Å². The molecule has 104 valence electrons. The lowest BCUT2D eigenvalue weighted by molar-refractivity contribution is -0.0405. The minimum absolute atomic E-state index is 0.671. The van der Waals surface area contributed by atoms with E-state index in [2.05, 4.69) is 9.55 Å². The molecule has 3 nitrogen and oxygen atoms in total. The highest BCUT2D eigenvalue weighted by atomic mass is 15.1. The van der Waals surface area contributed by atoms with Gasteiger partial charge in [-0.2, -0.15) is 0 Å². The quantitative estimate of drug-likeness (QED) is 0.901. The molecular formula is C16H25N3. The Labute approximate surface area is 115 Å². The van der Waals surface area contributed by atoms with Crippen molar-refractivity contribution in [1.29, 1.82) is 0 Å². The van der Waals surface area contributed by atoms with Gasteiger partial charge in [0.1, 0.15) is 0 Å². The first kappa shape index (κ1) is 11.8. The van der Waals surface area contributed by atoms with Crippen LogP contribution in [0.3, 0.4) is 0 Å². The van der Waals surface area contributed by atoms with E-state index in [1.807, 2.05) is 6.20 Å². The van der Waals surface area contributed by atoms with Crippen molar-refractivity contribution < 1.29 is 0 Å². The number of aryl methyl sites for hydroxylation is 1. The molecule has 0 radical (unpaired) electrons. The van der Waals surface area contributed by atoms with Gasteiger partial charge >= 0.3 is 0 Å². The number of nitrogens with two attached hydrogens (primary N) is 1. The van der Waals surface area contributed by atoms with Crippen LogP contribution in [-0.4, -0.2) is 9.55 Å². The number of nitrogens with zero attached hydrogens (tertiary/aromatic N) is 2. The average molecular weight is 259 g/mol. The summed E-state index contributed by atoms with van der Waals surface area (Å²) in [5.41, 5.74) is 5.83. The summed E-state index contributed by atoms with van der Waals surface area (Å²) in [4.78, 5) is 4.10. The lowest BCUT2D eigenvalue weighted by Gasteiger charge is -2.54. The summed E-state index contributed by atoms with van der Waals surface area (Å²) in [7, 11) is 0. The first-order valence-electron chi connectivity index (χ1n) is 8.06. The lowest BCUT2D eigenvalue weighted by Crippen LogP contribution is -2.45. The van der Waals surface area contributed by atoms with Gasteiger partial charge in [0.2, 0.25) is 0 Å². The summed E-state index contributed by atoms with van der Waals surface area (Å²) in [6.07, 6.45) is 14.2. The fourth-order valence-electron chi connectivity index (χ4n) is 5.54. The van der Waals surface area contributed by atoms with Crippen molar-refractivity contribution in [2.75, 3.05) is 5.73 Å². The van der Waals surface area contributed by atoms with Crippen LogP contribution in [0, 0.1) is 29.6 Å². The molecule has 4 saturated carbocycles.